The predicted octanol–water partition coefficient (Wildman–Crippen LogP) is 2.34. The van der Waals surface area contributed by atoms with Crippen molar-refractivity contribution in [1.29, 1.82) is 0 Å². The molecule has 18 heavy (non-hydrogen) atoms. The summed E-state index contributed by atoms with van der Waals surface area (Å²) >= 11 is 3.51. The normalized spacial score (nSPS) is 23.2. The molecule has 1 aromatic heterocycles. The lowest BCUT2D eigenvalue weighted by atomic mass is 10.2. The van der Waals surface area contributed by atoms with Gasteiger partial charge in [0.15, 0.2) is 5.17 Å². The van der Waals surface area contributed by atoms with Crippen LogP contribution >= 0.6 is 23.1 Å². The van der Waals surface area contributed by atoms with Gasteiger partial charge in [-0.3, -0.25) is 4.99 Å². The Morgan fingerprint density at radius 1 is 1.67 bits per heavy atom. The summed E-state index contributed by atoms with van der Waals surface area (Å²) in [4.78, 5) is 8.95. The van der Waals surface area contributed by atoms with Gasteiger partial charge in [-0.1, -0.05) is 18.7 Å². The molecule has 1 aromatic rings. The first-order valence-corrected chi connectivity index (χ1v) is 7.98. The van der Waals surface area contributed by atoms with E-state index in [0.717, 1.165) is 30.5 Å². The Morgan fingerprint density at radius 3 is 3.28 bits per heavy atom. The first-order chi connectivity index (χ1) is 8.79. The number of ether oxygens (including phenoxy) is 1. The van der Waals surface area contributed by atoms with Crippen molar-refractivity contribution in [3.8, 4) is 0 Å². The zero-order valence-corrected chi connectivity index (χ0v) is 12.4. The number of aliphatic imine (C=N–C) groups is 1. The van der Waals surface area contributed by atoms with E-state index in [-0.39, 0.29) is 0 Å². The lowest BCUT2D eigenvalue weighted by Gasteiger charge is -2.09. The average molecular weight is 285 g/mol. The molecule has 2 atom stereocenters. The van der Waals surface area contributed by atoms with Crippen LogP contribution in [0.3, 0.4) is 0 Å². The molecule has 0 bridgehead atoms. The van der Waals surface area contributed by atoms with Crippen LogP contribution < -0.4 is 5.32 Å². The Kier molecular flexibility index (Phi) is 5.46. The minimum absolute atomic E-state index is 0.401. The second-order valence-electron chi connectivity index (χ2n) is 4.35. The lowest BCUT2D eigenvalue weighted by molar-refractivity contribution is 0.188. The Bertz CT molecular complexity index is 381. The highest BCUT2D eigenvalue weighted by atomic mass is 32.2. The Morgan fingerprint density at radius 2 is 2.56 bits per heavy atom. The smallest absolute Gasteiger partial charge is 0.156 e. The number of nitrogens with one attached hydrogen (secondary N) is 1. The molecule has 1 aliphatic heterocycles. The predicted molar refractivity (Wildman–Crippen MR) is 78.7 cm³/mol. The SMILES string of the molecule is COCCC1CSC(=NCC(C)c2nccs2)N1. The molecule has 0 saturated carbocycles. The number of hydrogen-bond donors (Lipinski definition) is 1. The summed E-state index contributed by atoms with van der Waals surface area (Å²) in [5.41, 5.74) is 0. The minimum Gasteiger partial charge on any atom is -0.385 e. The van der Waals surface area contributed by atoms with E-state index in [1.165, 1.54) is 5.01 Å². The third kappa shape index (κ3) is 3.96. The molecule has 0 spiro atoms. The highest BCUT2D eigenvalue weighted by molar-refractivity contribution is 8.14. The maximum absolute atomic E-state index is 5.09. The second-order valence-corrected chi connectivity index (χ2v) is 6.29. The number of methoxy groups -OCH3 is 1. The fraction of sp³-hybridized carbons (Fsp3) is 0.667. The molecule has 100 valence electrons. The van der Waals surface area contributed by atoms with Crippen LogP contribution in [0.1, 0.15) is 24.3 Å². The molecule has 2 rings (SSSR count). The van der Waals surface area contributed by atoms with Crippen molar-refractivity contribution < 1.29 is 4.74 Å². The molecular weight excluding hydrogens is 266 g/mol. The molecule has 0 radical (unpaired) electrons. The van der Waals surface area contributed by atoms with E-state index in [1.54, 1.807) is 30.2 Å². The molecular formula is C12H19N3OS2. The van der Waals surface area contributed by atoms with Gasteiger partial charge in [-0.2, -0.15) is 0 Å². The van der Waals surface area contributed by atoms with Crippen molar-refractivity contribution in [2.24, 2.45) is 4.99 Å². The van der Waals surface area contributed by atoms with Crippen LogP contribution in [0.4, 0.5) is 0 Å². The highest BCUT2D eigenvalue weighted by Crippen LogP contribution is 2.20. The van der Waals surface area contributed by atoms with Crippen LogP contribution in [0.5, 0.6) is 0 Å². The van der Waals surface area contributed by atoms with Crippen molar-refractivity contribution >= 4 is 28.3 Å². The van der Waals surface area contributed by atoms with Crippen molar-refractivity contribution in [3.05, 3.63) is 16.6 Å². The van der Waals surface area contributed by atoms with Gasteiger partial charge in [0.1, 0.15) is 0 Å². The fourth-order valence-electron chi connectivity index (χ4n) is 1.72. The van der Waals surface area contributed by atoms with Crippen molar-refractivity contribution in [1.82, 2.24) is 10.3 Å². The summed E-state index contributed by atoms with van der Waals surface area (Å²) in [7, 11) is 1.74. The zero-order valence-electron chi connectivity index (χ0n) is 10.8. The van der Waals surface area contributed by atoms with Gasteiger partial charge in [0.2, 0.25) is 0 Å². The first kappa shape index (κ1) is 13.8. The van der Waals surface area contributed by atoms with Gasteiger partial charge in [-0.15, -0.1) is 11.3 Å². The average Bonchev–Trinajstić information content (AvgIpc) is 3.04. The Labute approximate surface area is 116 Å². The van der Waals surface area contributed by atoms with Crippen LogP contribution in [0, 0.1) is 0 Å². The van der Waals surface area contributed by atoms with Crippen LogP contribution in [0.25, 0.3) is 0 Å². The minimum atomic E-state index is 0.401. The highest BCUT2D eigenvalue weighted by Gasteiger charge is 2.20. The van der Waals surface area contributed by atoms with Gasteiger partial charge in [0.25, 0.3) is 0 Å². The van der Waals surface area contributed by atoms with Gasteiger partial charge in [0.05, 0.1) is 11.6 Å². The standard InChI is InChI=1S/C12H19N3OS2/c1-9(11-13-4-6-17-11)7-14-12-15-10(8-18-12)3-5-16-2/h4,6,9-10H,3,5,7-8H2,1-2H3,(H,14,15). The van der Waals surface area contributed by atoms with Gasteiger partial charge >= 0.3 is 0 Å². The van der Waals surface area contributed by atoms with E-state index in [0.29, 0.717) is 12.0 Å². The molecule has 2 heterocycles. The van der Waals surface area contributed by atoms with Gasteiger partial charge in [-0.25, -0.2) is 4.98 Å². The number of rotatable bonds is 6. The maximum Gasteiger partial charge on any atom is 0.156 e. The lowest BCUT2D eigenvalue weighted by Crippen LogP contribution is -2.28. The summed E-state index contributed by atoms with van der Waals surface area (Å²) in [6, 6.07) is 0.504. The van der Waals surface area contributed by atoms with Crippen LogP contribution in [0.2, 0.25) is 0 Å². The third-order valence-electron chi connectivity index (χ3n) is 2.80. The quantitative estimate of drug-likeness (QED) is 0.871. The van der Waals surface area contributed by atoms with Crippen molar-refractivity contribution in [3.63, 3.8) is 0 Å². The number of thioether (sulfide) groups is 1. The van der Waals surface area contributed by atoms with Gasteiger partial charge in [-0.05, 0) is 6.42 Å². The summed E-state index contributed by atoms with van der Waals surface area (Å²) < 4.78 is 5.09. The molecule has 0 amide bonds. The number of thiazole rings is 1. The monoisotopic (exact) mass is 285 g/mol. The summed E-state index contributed by atoms with van der Waals surface area (Å²) in [6.07, 6.45) is 2.90. The maximum atomic E-state index is 5.09. The molecule has 0 aliphatic carbocycles. The number of nitrogens with zero attached hydrogens (tertiary/aromatic N) is 2. The fourth-order valence-corrected chi connectivity index (χ4v) is 3.43. The molecule has 1 N–H and O–H groups in total. The molecule has 2 unspecified atom stereocenters. The molecule has 1 aliphatic rings. The summed E-state index contributed by atoms with van der Waals surface area (Å²) in [5.74, 6) is 1.49. The third-order valence-corrected chi connectivity index (χ3v) is 4.90. The van der Waals surface area contributed by atoms with Crippen LogP contribution in [-0.2, 0) is 4.74 Å². The summed E-state index contributed by atoms with van der Waals surface area (Å²) in [5, 5.41) is 7.69. The topological polar surface area (TPSA) is 46.5 Å². The molecule has 1 fully saturated rings. The van der Waals surface area contributed by atoms with Crippen molar-refractivity contribution in [2.75, 3.05) is 26.0 Å². The Balaban J connectivity index is 1.77. The molecule has 6 heteroatoms. The van der Waals surface area contributed by atoms with Crippen LogP contribution in [0.15, 0.2) is 16.6 Å². The zero-order chi connectivity index (χ0) is 12.8. The number of amidine groups is 1. The molecule has 4 nitrogen and oxygen atoms in total. The van der Waals surface area contributed by atoms with Gasteiger partial charge < -0.3 is 10.1 Å². The largest absolute Gasteiger partial charge is 0.385 e. The number of hydrogen-bond acceptors (Lipinski definition) is 5. The van der Waals surface area contributed by atoms with E-state index in [4.69, 9.17) is 4.74 Å². The van der Waals surface area contributed by atoms with E-state index in [2.05, 4.69) is 22.2 Å². The van der Waals surface area contributed by atoms with Crippen LogP contribution in [-0.4, -0.2) is 42.2 Å². The van der Waals surface area contributed by atoms with E-state index >= 15 is 0 Å². The Hall–Kier alpha value is -0.590. The summed E-state index contributed by atoms with van der Waals surface area (Å²) in [6.45, 7) is 3.78. The van der Waals surface area contributed by atoms with Crippen molar-refractivity contribution in [2.45, 2.75) is 25.3 Å². The second kappa shape index (κ2) is 7.11. The molecule has 0 aromatic carbocycles. The van der Waals surface area contributed by atoms with Gasteiger partial charge in [0, 0.05) is 43.0 Å². The van der Waals surface area contributed by atoms with E-state index in [9.17, 15) is 0 Å². The van der Waals surface area contributed by atoms with E-state index < -0.39 is 0 Å². The first-order valence-electron chi connectivity index (χ1n) is 6.11. The molecule has 1 saturated heterocycles. The number of aromatic nitrogens is 1. The van der Waals surface area contributed by atoms with E-state index in [1.807, 2.05) is 11.6 Å².